The lowest BCUT2D eigenvalue weighted by molar-refractivity contribution is -0.121. The molecule has 0 saturated carbocycles. The third kappa shape index (κ3) is 5.80. The summed E-state index contributed by atoms with van der Waals surface area (Å²) in [5.74, 6) is -0.838. The maximum absolute atomic E-state index is 12.0. The highest BCUT2D eigenvalue weighted by Crippen LogP contribution is 2.26. The maximum Gasteiger partial charge on any atom is 0.408 e. The van der Waals surface area contributed by atoms with E-state index >= 15 is 0 Å². The van der Waals surface area contributed by atoms with E-state index in [4.69, 9.17) is 4.74 Å². The van der Waals surface area contributed by atoms with Crippen molar-refractivity contribution in [2.45, 2.75) is 45.8 Å². The van der Waals surface area contributed by atoms with Crippen molar-refractivity contribution in [3.63, 3.8) is 0 Å². The van der Waals surface area contributed by atoms with Crippen LogP contribution < -0.4 is 10.6 Å². The second-order valence-corrected chi connectivity index (χ2v) is 7.26. The molecule has 0 spiro atoms. The Bertz CT molecular complexity index is 621. The average molecular weight is 357 g/mol. The summed E-state index contributed by atoms with van der Waals surface area (Å²) in [4.78, 5) is 40.3. The topological polar surface area (TPSA) is 107 Å². The van der Waals surface area contributed by atoms with Gasteiger partial charge in [-0.2, -0.15) is 0 Å². The van der Waals surface area contributed by atoms with Gasteiger partial charge < -0.3 is 20.1 Å². The molecule has 9 heteroatoms. The predicted octanol–water partition coefficient (Wildman–Crippen LogP) is 1.94. The number of carbonyl (C=O) groups is 3. The van der Waals surface area contributed by atoms with Crippen LogP contribution in [0.3, 0.4) is 0 Å². The van der Waals surface area contributed by atoms with Crippen LogP contribution in [0.5, 0.6) is 0 Å². The summed E-state index contributed by atoms with van der Waals surface area (Å²) < 4.78 is 9.89. The number of hydrogen-bond acceptors (Lipinski definition) is 7. The van der Waals surface area contributed by atoms with Crippen LogP contribution in [0.1, 0.15) is 53.6 Å². The van der Waals surface area contributed by atoms with E-state index in [2.05, 4.69) is 20.4 Å². The van der Waals surface area contributed by atoms with Crippen molar-refractivity contribution in [2.75, 3.05) is 14.2 Å². The SMILES string of the molecule is CNC(=O)C[C@H](NC(=O)OC(C)(C)C)c1nc(C(=O)OC)c(C)s1. The molecule has 0 aromatic carbocycles. The molecule has 2 amide bonds. The van der Waals surface area contributed by atoms with Gasteiger partial charge in [0, 0.05) is 11.9 Å². The van der Waals surface area contributed by atoms with E-state index in [1.54, 1.807) is 27.7 Å². The van der Waals surface area contributed by atoms with E-state index in [0.29, 0.717) is 9.88 Å². The molecule has 24 heavy (non-hydrogen) atoms. The normalized spacial score (nSPS) is 12.2. The molecule has 0 saturated heterocycles. The van der Waals surface area contributed by atoms with Gasteiger partial charge in [-0.05, 0) is 27.7 Å². The van der Waals surface area contributed by atoms with E-state index in [9.17, 15) is 14.4 Å². The number of amides is 2. The number of aromatic nitrogens is 1. The second-order valence-electron chi connectivity index (χ2n) is 6.02. The highest BCUT2D eigenvalue weighted by Gasteiger charge is 2.26. The zero-order valence-corrected chi connectivity index (χ0v) is 15.5. The van der Waals surface area contributed by atoms with Crippen LogP contribution in [0.4, 0.5) is 4.79 Å². The van der Waals surface area contributed by atoms with E-state index in [-0.39, 0.29) is 18.0 Å². The van der Waals surface area contributed by atoms with Crippen LogP contribution in [0.2, 0.25) is 0 Å². The Balaban J connectivity index is 3.03. The summed E-state index contributed by atoms with van der Waals surface area (Å²) in [6.45, 7) is 6.94. The Morgan fingerprint density at radius 1 is 1.29 bits per heavy atom. The Morgan fingerprint density at radius 2 is 1.92 bits per heavy atom. The van der Waals surface area contributed by atoms with Crippen LogP contribution in [-0.4, -0.2) is 42.7 Å². The number of aryl methyl sites for hydroxylation is 1. The number of methoxy groups -OCH3 is 1. The molecule has 0 aliphatic rings. The van der Waals surface area contributed by atoms with Crippen molar-refractivity contribution in [3.8, 4) is 0 Å². The fraction of sp³-hybridized carbons (Fsp3) is 0.600. The fourth-order valence-corrected chi connectivity index (χ4v) is 2.75. The lowest BCUT2D eigenvalue weighted by atomic mass is 10.2. The Hall–Kier alpha value is -2.16. The molecular formula is C15H23N3O5S. The minimum absolute atomic E-state index is 0.0245. The first-order chi connectivity index (χ1) is 11.1. The lowest BCUT2D eigenvalue weighted by Gasteiger charge is -2.22. The summed E-state index contributed by atoms with van der Waals surface area (Å²) >= 11 is 1.22. The molecular weight excluding hydrogens is 334 g/mol. The van der Waals surface area contributed by atoms with Crippen LogP contribution in [-0.2, 0) is 14.3 Å². The number of hydrogen-bond donors (Lipinski definition) is 2. The largest absolute Gasteiger partial charge is 0.464 e. The summed E-state index contributed by atoms with van der Waals surface area (Å²) in [6.07, 6.45) is -0.688. The fourth-order valence-electron chi connectivity index (χ4n) is 1.79. The van der Waals surface area contributed by atoms with Crippen molar-refractivity contribution in [1.82, 2.24) is 15.6 Å². The van der Waals surface area contributed by atoms with Crippen molar-refractivity contribution in [3.05, 3.63) is 15.6 Å². The number of nitrogens with one attached hydrogen (secondary N) is 2. The van der Waals surface area contributed by atoms with Crippen molar-refractivity contribution < 1.29 is 23.9 Å². The summed E-state index contributed by atoms with van der Waals surface area (Å²) in [5, 5.41) is 5.56. The molecule has 1 aromatic heterocycles. The summed E-state index contributed by atoms with van der Waals surface area (Å²) in [5.41, 5.74) is -0.497. The van der Waals surface area contributed by atoms with Crippen molar-refractivity contribution in [2.24, 2.45) is 0 Å². The van der Waals surface area contributed by atoms with E-state index in [1.807, 2.05) is 0 Å². The van der Waals surface area contributed by atoms with E-state index < -0.39 is 23.7 Å². The molecule has 0 unspecified atom stereocenters. The van der Waals surface area contributed by atoms with Crippen LogP contribution in [0.25, 0.3) is 0 Å². The van der Waals surface area contributed by atoms with Gasteiger partial charge in [-0.3, -0.25) is 4.79 Å². The van der Waals surface area contributed by atoms with Gasteiger partial charge in [0.1, 0.15) is 10.6 Å². The predicted molar refractivity (Wildman–Crippen MR) is 89.0 cm³/mol. The van der Waals surface area contributed by atoms with Gasteiger partial charge in [-0.25, -0.2) is 14.6 Å². The number of rotatable bonds is 5. The first-order valence-corrected chi connectivity index (χ1v) is 8.14. The number of nitrogens with zero attached hydrogens (tertiary/aromatic N) is 1. The molecule has 0 aliphatic heterocycles. The highest BCUT2D eigenvalue weighted by atomic mass is 32.1. The molecule has 134 valence electrons. The highest BCUT2D eigenvalue weighted by molar-refractivity contribution is 7.12. The lowest BCUT2D eigenvalue weighted by Crippen LogP contribution is -2.37. The van der Waals surface area contributed by atoms with Crippen LogP contribution >= 0.6 is 11.3 Å². The number of carbonyl (C=O) groups excluding carboxylic acids is 3. The summed E-state index contributed by atoms with van der Waals surface area (Å²) in [6, 6.07) is -0.707. The third-order valence-corrected chi connectivity index (χ3v) is 3.93. The number of thiazole rings is 1. The summed E-state index contributed by atoms with van der Waals surface area (Å²) in [7, 11) is 2.77. The van der Waals surface area contributed by atoms with Gasteiger partial charge in [0.05, 0.1) is 19.6 Å². The zero-order chi connectivity index (χ0) is 18.5. The van der Waals surface area contributed by atoms with Gasteiger partial charge >= 0.3 is 12.1 Å². The van der Waals surface area contributed by atoms with Crippen molar-refractivity contribution >= 4 is 29.3 Å². The van der Waals surface area contributed by atoms with Crippen molar-refractivity contribution in [1.29, 1.82) is 0 Å². The zero-order valence-electron chi connectivity index (χ0n) is 14.7. The molecule has 8 nitrogen and oxygen atoms in total. The van der Waals surface area contributed by atoms with Crippen LogP contribution in [0, 0.1) is 6.92 Å². The number of ether oxygens (including phenoxy) is 2. The van der Waals surface area contributed by atoms with Gasteiger partial charge in [-0.1, -0.05) is 0 Å². The quantitative estimate of drug-likeness (QED) is 0.780. The maximum atomic E-state index is 12.0. The van der Waals surface area contributed by atoms with E-state index in [1.165, 1.54) is 25.5 Å². The molecule has 1 aromatic rings. The Kier molecular flexibility index (Phi) is 6.70. The molecule has 1 atom stereocenters. The first-order valence-electron chi connectivity index (χ1n) is 7.33. The molecule has 1 rings (SSSR count). The first kappa shape index (κ1) is 19.9. The third-order valence-electron chi connectivity index (χ3n) is 2.85. The molecule has 0 fully saturated rings. The van der Waals surface area contributed by atoms with E-state index in [0.717, 1.165) is 0 Å². The minimum atomic E-state index is -0.707. The monoisotopic (exact) mass is 357 g/mol. The minimum Gasteiger partial charge on any atom is -0.464 e. The van der Waals surface area contributed by atoms with Gasteiger partial charge in [0.25, 0.3) is 0 Å². The van der Waals surface area contributed by atoms with Gasteiger partial charge in [-0.15, -0.1) is 11.3 Å². The smallest absolute Gasteiger partial charge is 0.408 e. The average Bonchev–Trinajstić information content (AvgIpc) is 2.85. The number of alkyl carbamates (subject to hydrolysis) is 1. The molecule has 0 aliphatic carbocycles. The second kappa shape index (κ2) is 8.09. The molecule has 1 heterocycles. The molecule has 0 bridgehead atoms. The van der Waals surface area contributed by atoms with Gasteiger partial charge in [0.2, 0.25) is 5.91 Å². The van der Waals surface area contributed by atoms with Gasteiger partial charge in [0.15, 0.2) is 5.69 Å². The molecule has 0 radical (unpaired) electrons. The number of esters is 1. The standard InChI is InChI=1S/C15H23N3O5S/c1-8-11(13(20)22-6)18-12(24-8)9(7-10(19)16-5)17-14(21)23-15(2,3)4/h9H,7H2,1-6H3,(H,16,19)(H,17,21)/t9-/m0/s1. The molecule has 2 N–H and O–H groups in total. The Morgan fingerprint density at radius 3 is 2.42 bits per heavy atom. The van der Waals surface area contributed by atoms with Crippen LogP contribution in [0.15, 0.2) is 0 Å². The Labute approximate surface area is 144 Å².